The predicted octanol–water partition coefficient (Wildman–Crippen LogP) is 4.49. The van der Waals surface area contributed by atoms with Gasteiger partial charge in [-0.3, -0.25) is 19.9 Å². The molecule has 0 fully saturated rings. The van der Waals surface area contributed by atoms with E-state index in [4.69, 9.17) is 9.97 Å². The van der Waals surface area contributed by atoms with Gasteiger partial charge in [0.05, 0.1) is 22.9 Å². The molecule has 6 heterocycles. The Labute approximate surface area is 222 Å². The fourth-order valence-electron chi connectivity index (χ4n) is 4.25. The van der Waals surface area contributed by atoms with E-state index in [1.807, 2.05) is 45.5 Å². The molecule has 0 bridgehead atoms. The molecule has 0 saturated carbocycles. The quantitative estimate of drug-likeness (QED) is 0.232. The van der Waals surface area contributed by atoms with Gasteiger partial charge in [0.15, 0.2) is 0 Å². The fourth-order valence-corrected chi connectivity index (χ4v) is 4.25. The molecule has 0 atom stereocenters. The number of fused-ring (bicyclic) bond motifs is 2. The van der Waals surface area contributed by atoms with Gasteiger partial charge in [-0.25, -0.2) is 0 Å². The molecule has 0 aromatic carbocycles. The summed E-state index contributed by atoms with van der Waals surface area (Å²) in [4.78, 5) is 27.3. The Morgan fingerprint density at radius 1 is 0.694 bits per heavy atom. The first-order chi connectivity index (χ1) is 16.9. The van der Waals surface area contributed by atoms with Gasteiger partial charge < -0.3 is 19.1 Å². The van der Waals surface area contributed by atoms with E-state index >= 15 is 0 Å². The summed E-state index contributed by atoms with van der Waals surface area (Å²) in [6.07, 6.45) is 9.52. The largest absolute Gasteiger partial charge is 2.00 e. The van der Waals surface area contributed by atoms with Gasteiger partial charge >= 0.3 is 20.4 Å². The minimum absolute atomic E-state index is 0. The van der Waals surface area contributed by atoms with Crippen LogP contribution in [0, 0.1) is 26.5 Å². The molecule has 6 aromatic heterocycles. The van der Waals surface area contributed by atoms with Crippen molar-refractivity contribution in [2.45, 2.75) is 33.1 Å². The fraction of sp³-hybridized carbons (Fsp3) is 0.185. The minimum atomic E-state index is -0.481. The van der Waals surface area contributed by atoms with Crippen LogP contribution in [0.4, 0.5) is 0 Å². The van der Waals surface area contributed by atoms with Crippen molar-refractivity contribution in [2.24, 2.45) is 0 Å². The molecule has 0 aliphatic carbocycles. The molecule has 0 aliphatic heterocycles. The van der Waals surface area contributed by atoms with E-state index in [0.717, 1.165) is 45.2 Å². The molecule has 0 N–H and O–H groups in total. The normalized spacial score (nSPS) is 11.7. The number of pyridine rings is 4. The van der Waals surface area contributed by atoms with Crippen molar-refractivity contribution in [3.8, 4) is 11.6 Å². The predicted molar refractivity (Wildman–Crippen MR) is 133 cm³/mol. The van der Waals surface area contributed by atoms with E-state index < -0.39 is 5.41 Å². The Balaban J connectivity index is 0.00000267. The number of rotatable bonds is 4. The van der Waals surface area contributed by atoms with Crippen molar-refractivity contribution in [3.05, 3.63) is 96.1 Å². The van der Waals surface area contributed by atoms with Crippen LogP contribution in [0.3, 0.4) is 0 Å². The van der Waals surface area contributed by atoms with Crippen molar-refractivity contribution in [1.29, 1.82) is 0 Å². The zero-order chi connectivity index (χ0) is 24.2. The van der Waals surface area contributed by atoms with E-state index in [-0.39, 0.29) is 20.4 Å². The van der Waals surface area contributed by atoms with Gasteiger partial charge in [0.25, 0.3) is 0 Å². The maximum absolute atomic E-state index is 5.03. The second kappa shape index (κ2) is 9.01. The van der Waals surface area contributed by atoms with Crippen molar-refractivity contribution in [2.75, 3.05) is 0 Å². The summed E-state index contributed by atoms with van der Waals surface area (Å²) in [5.74, 6) is 1.49. The molecule has 36 heavy (non-hydrogen) atoms. The van der Waals surface area contributed by atoms with E-state index in [1.165, 1.54) is 0 Å². The number of aryl methyl sites for hydroxylation is 2. The Bertz CT molecular complexity index is 1590. The van der Waals surface area contributed by atoms with Crippen LogP contribution in [0.5, 0.6) is 0 Å². The van der Waals surface area contributed by atoms with Gasteiger partial charge in [-0.2, -0.15) is 0 Å². The molecule has 0 aliphatic rings. The second-order valence-corrected chi connectivity index (χ2v) is 9.19. The van der Waals surface area contributed by atoms with Gasteiger partial charge in [-0.1, -0.05) is 47.5 Å². The van der Waals surface area contributed by atoms with Gasteiger partial charge in [0, 0.05) is 41.9 Å². The number of hydrogen-bond donors (Lipinski definition) is 0. The van der Waals surface area contributed by atoms with E-state index in [9.17, 15) is 0 Å². The van der Waals surface area contributed by atoms with Crippen LogP contribution in [0.2, 0.25) is 0 Å². The molecule has 6 aromatic rings. The van der Waals surface area contributed by atoms with Crippen LogP contribution in [-0.4, -0.2) is 39.0 Å². The molecular formula is C27H22N8Pd. The van der Waals surface area contributed by atoms with E-state index in [2.05, 4.69) is 72.4 Å². The molecular weight excluding hydrogens is 543 g/mol. The number of nitrogens with zero attached hydrogens (tertiary/aromatic N) is 8. The standard InChI is InChI=1S/C27H22N8.Pd/c1-17-11-21(32-23(13-17)34-15-30-25-19(34)7-5-9-28-25)27(3,4)22-12-18(2)14-24(33-22)35-16-31-26-20(35)8-6-10-29-26;/h5-14H,1-4H3;/q-2;+2. The summed E-state index contributed by atoms with van der Waals surface area (Å²) in [6.45, 7) is 8.41. The smallest absolute Gasteiger partial charge is 0.410 e. The second-order valence-electron chi connectivity index (χ2n) is 9.19. The Morgan fingerprint density at radius 3 is 1.58 bits per heavy atom. The topological polar surface area (TPSA) is 87.2 Å². The van der Waals surface area contributed by atoms with Crippen LogP contribution in [0.25, 0.3) is 34.0 Å². The van der Waals surface area contributed by atoms with Crippen molar-refractivity contribution in [3.63, 3.8) is 0 Å². The Morgan fingerprint density at radius 2 is 1.14 bits per heavy atom. The zero-order valence-electron chi connectivity index (χ0n) is 20.2. The van der Waals surface area contributed by atoms with Gasteiger partial charge in [0.1, 0.15) is 0 Å². The average Bonchev–Trinajstić information content (AvgIpc) is 3.48. The Kier molecular flexibility index (Phi) is 5.99. The Hall–Kier alpha value is -3.80. The first-order valence-corrected chi connectivity index (χ1v) is 11.3. The summed E-state index contributed by atoms with van der Waals surface area (Å²) >= 11 is 0. The van der Waals surface area contributed by atoms with E-state index in [0.29, 0.717) is 11.3 Å². The molecule has 6 rings (SSSR count). The summed E-state index contributed by atoms with van der Waals surface area (Å²) in [5.41, 5.74) is 6.50. The molecule has 9 heteroatoms. The summed E-state index contributed by atoms with van der Waals surface area (Å²) in [6, 6.07) is 16.0. The first kappa shape index (κ1) is 23.9. The van der Waals surface area contributed by atoms with Gasteiger partial charge in [-0.05, 0) is 50.9 Å². The first-order valence-electron chi connectivity index (χ1n) is 11.3. The third-order valence-corrected chi connectivity index (χ3v) is 6.18. The molecule has 0 amide bonds. The zero-order valence-corrected chi connectivity index (χ0v) is 21.7. The third-order valence-electron chi connectivity index (χ3n) is 6.18. The van der Waals surface area contributed by atoms with Gasteiger partial charge in [-0.15, -0.1) is 0 Å². The molecule has 0 spiro atoms. The maximum Gasteiger partial charge on any atom is 2.00 e. The molecule has 0 radical (unpaired) electrons. The van der Waals surface area contributed by atoms with Crippen LogP contribution in [-0.2, 0) is 25.8 Å². The van der Waals surface area contributed by atoms with Crippen molar-refractivity contribution < 1.29 is 20.4 Å². The van der Waals surface area contributed by atoms with Crippen LogP contribution in [0.15, 0.2) is 60.9 Å². The average molecular weight is 565 g/mol. The van der Waals surface area contributed by atoms with E-state index in [1.54, 1.807) is 12.4 Å². The van der Waals surface area contributed by atoms with Crippen LogP contribution >= 0.6 is 0 Å². The van der Waals surface area contributed by atoms with Gasteiger partial charge in [0.2, 0.25) is 0 Å². The third kappa shape index (κ3) is 4.00. The number of imidazole rings is 2. The summed E-state index contributed by atoms with van der Waals surface area (Å²) in [7, 11) is 0. The summed E-state index contributed by atoms with van der Waals surface area (Å²) < 4.78 is 3.70. The molecule has 0 saturated heterocycles. The molecule has 8 nitrogen and oxygen atoms in total. The molecule has 0 unspecified atom stereocenters. The van der Waals surface area contributed by atoms with Crippen molar-refractivity contribution >= 4 is 22.3 Å². The number of hydrogen-bond acceptors (Lipinski definition) is 6. The summed E-state index contributed by atoms with van der Waals surface area (Å²) in [5, 5.41) is 0. The molecule has 180 valence electrons. The minimum Gasteiger partial charge on any atom is -0.410 e. The maximum atomic E-state index is 5.03. The SMILES string of the molecule is Cc1cc(-n2[c-]nc3ncccc32)nc(C(C)(C)c2cc(C)cc(-n3[c-]nc4ncccc43)n2)c1.[Pd+2]. The van der Waals surface area contributed by atoms with Crippen LogP contribution < -0.4 is 0 Å². The van der Waals surface area contributed by atoms with Crippen LogP contribution in [0.1, 0.15) is 36.4 Å². The number of aromatic nitrogens is 8. The van der Waals surface area contributed by atoms with Crippen molar-refractivity contribution in [1.82, 2.24) is 39.0 Å². The monoisotopic (exact) mass is 564 g/mol.